The number of hydrogen-bond donors (Lipinski definition) is 0. The van der Waals surface area contributed by atoms with E-state index in [1.54, 1.807) is 25.0 Å². The number of aryl methyl sites for hydroxylation is 2. The molecule has 0 aliphatic heterocycles. The van der Waals surface area contributed by atoms with E-state index in [1.807, 2.05) is 25.1 Å². The highest BCUT2D eigenvalue weighted by molar-refractivity contribution is 7.98. The Morgan fingerprint density at radius 1 is 1.08 bits per heavy atom. The van der Waals surface area contributed by atoms with Crippen LogP contribution in [0.1, 0.15) is 18.1 Å². The minimum Gasteiger partial charge on any atom is -0.280 e. The molecule has 0 amide bonds. The van der Waals surface area contributed by atoms with Crippen LogP contribution in [0.25, 0.3) is 11.0 Å². The number of fused-ring (bicyclic) bond motifs is 1. The van der Waals surface area contributed by atoms with Gasteiger partial charge in [0.05, 0.1) is 5.39 Å². The van der Waals surface area contributed by atoms with E-state index < -0.39 is 0 Å². The van der Waals surface area contributed by atoms with Crippen molar-refractivity contribution in [3.05, 3.63) is 68.5 Å². The summed E-state index contributed by atoms with van der Waals surface area (Å²) >= 11 is 1.62. The quantitative estimate of drug-likeness (QED) is 0.684. The average Bonchev–Trinajstić information content (AvgIpc) is 2.62. The smallest absolute Gasteiger partial charge is 0.280 e. The summed E-state index contributed by atoms with van der Waals surface area (Å²) in [7, 11) is 3.16. The maximum atomic E-state index is 12.7. The van der Waals surface area contributed by atoms with Crippen LogP contribution in [-0.4, -0.2) is 14.1 Å². The van der Waals surface area contributed by atoms with Crippen molar-refractivity contribution in [3.8, 4) is 0 Å². The monoisotopic (exact) mass is 341 g/mol. The maximum absolute atomic E-state index is 12.7. The van der Waals surface area contributed by atoms with Gasteiger partial charge in [-0.2, -0.15) is 0 Å². The second-order valence-corrected chi connectivity index (χ2v) is 6.63. The minimum atomic E-state index is -0.358. The number of aromatic nitrogens is 3. The molecule has 0 saturated heterocycles. The first-order valence-electron chi connectivity index (χ1n) is 7.79. The van der Waals surface area contributed by atoms with Gasteiger partial charge in [-0.05, 0) is 17.5 Å². The lowest BCUT2D eigenvalue weighted by Crippen LogP contribution is -2.37. The second kappa shape index (κ2) is 6.65. The highest BCUT2D eigenvalue weighted by Gasteiger charge is 2.17. The lowest BCUT2D eigenvalue weighted by molar-refractivity contribution is 0.705. The van der Waals surface area contributed by atoms with Crippen molar-refractivity contribution in [1.29, 1.82) is 0 Å². The first-order chi connectivity index (χ1) is 11.5. The summed E-state index contributed by atoms with van der Waals surface area (Å²) in [6.45, 7) is 2.04. The minimum absolute atomic E-state index is 0.286. The molecule has 0 bridgehead atoms. The molecule has 0 saturated carbocycles. The van der Waals surface area contributed by atoms with Gasteiger partial charge in [0.15, 0.2) is 0 Å². The van der Waals surface area contributed by atoms with Crippen molar-refractivity contribution in [2.24, 2.45) is 14.1 Å². The topological polar surface area (TPSA) is 56.9 Å². The summed E-state index contributed by atoms with van der Waals surface area (Å²) in [5.74, 6) is 0.763. The standard InChI is InChI=1S/C18H19N3O2S/c1-4-13-10-19-16-14(17(22)21(3)18(23)20(16)2)15(13)24-11-12-8-6-5-7-9-12/h5-10H,4,11H2,1-3H3. The summed E-state index contributed by atoms with van der Waals surface area (Å²) < 4.78 is 2.58. The molecule has 0 fully saturated rings. The predicted octanol–water partition coefficient (Wildman–Crippen LogP) is 2.49. The Kier molecular flexibility index (Phi) is 4.57. The van der Waals surface area contributed by atoms with Crippen molar-refractivity contribution in [2.75, 3.05) is 0 Å². The molecule has 2 heterocycles. The fourth-order valence-electron chi connectivity index (χ4n) is 2.69. The summed E-state index contributed by atoms with van der Waals surface area (Å²) in [6, 6.07) is 10.1. The molecule has 2 aromatic heterocycles. The van der Waals surface area contributed by atoms with Gasteiger partial charge in [-0.25, -0.2) is 9.78 Å². The maximum Gasteiger partial charge on any atom is 0.332 e. The zero-order valence-electron chi connectivity index (χ0n) is 13.9. The Hall–Kier alpha value is -2.34. The third kappa shape index (κ3) is 2.78. The summed E-state index contributed by atoms with van der Waals surface area (Å²) in [6.07, 6.45) is 2.56. The molecule has 0 unspecified atom stereocenters. The van der Waals surface area contributed by atoms with E-state index in [0.717, 1.165) is 27.2 Å². The van der Waals surface area contributed by atoms with Gasteiger partial charge < -0.3 is 0 Å². The molecule has 1 aromatic carbocycles. The van der Waals surface area contributed by atoms with Gasteiger partial charge in [0, 0.05) is 30.9 Å². The number of benzene rings is 1. The summed E-state index contributed by atoms with van der Waals surface area (Å²) in [5.41, 5.74) is 2.01. The summed E-state index contributed by atoms with van der Waals surface area (Å²) in [4.78, 5) is 30.1. The second-order valence-electron chi connectivity index (χ2n) is 5.64. The van der Waals surface area contributed by atoms with E-state index in [9.17, 15) is 9.59 Å². The molecule has 0 aliphatic rings. The number of thioether (sulfide) groups is 1. The molecule has 3 rings (SSSR count). The molecule has 0 aliphatic carbocycles. The van der Waals surface area contributed by atoms with Crippen LogP contribution in [0.5, 0.6) is 0 Å². The SMILES string of the molecule is CCc1cnc2c(c1SCc1ccccc1)c(=O)n(C)c(=O)n2C. The van der Waals surface area contributed by atoms with Gasteiger partial charge in [0.25, 0.3) is 5.56 Å². The normalized spacial score (nSPS) is 11.1. The van der Waals surface area contributed by atoms with Gasteiger partial charge in [0.1, 0.15) is 5.65 Å². The van der Waals surface area contributed by atoms with E-state index in [2.05, 4.69) is 17.1 Å². The van der Waals surface area contributed by atoms with Crippen LogP contribution < -0.4 is 11.2 Å². The van der Waals surface area contributed by atoms with Crippen LogP contribution in [-0.2, 0) is 26.3 Å². The third-order valence-corrected chi connectivity index (χ3v) is 5.33. The number of rotatable bonds is 4. The van der Waals surface area contributed by atoms with Crippen LogP contribution >= 0.6 is 11.8 Å². The zero-order chi connectivity index (χ0) is 17.3. The molecule has 0 spiro atoms. The van der Waals surface area contributed by atoms with Gasteiger partial charge in [-0.15, -0.1) is 11.8 Å². The Balaban J connectivity index is 2.21. The number of pyridine rings is 1. The Labute approximate surface area is 144 Å². The highest BCUT2D eigenvalue weighted by Crippen LogP contribution is 2.30. The van der Waals surface area contributed by atoms with Crippen LogP contribution in [0.15, 0.2) is 51.0 Å². The van der Waals surface area contributed by atoms with Crippen LogP contribution in [0.3, 0.4) is 0 Å². The molecular weight excluding hydrogens is 322 g/mol. The molecule has 24 heavy (non-hydrogen) atoms. The predicted molar refractivity (Wildman–Crippen MR) is 97.6 cm³/mol. The van der Waals surface area contributed by atoms with Gasteiger partial charge in [-0.3, -0.25) is 13.9 Å². The lowest BCUT2D eigenvalue weighted by atomic mass is 10.2. The Morgan fingerprint density at radius 3 is 2.46 bits per heavy atom. The molecule has 0 N–H and O–H groups in total. The lowest BCUT2D eigenvalue weighted by Gasteiger charge is -2.13. The molecule has 124 valence electrons. The number of hydrogen-bond acceptors (Lipinski definition) is 4. The molecule has 5 nitrogen and oxygen atoms in total. The summed E-state index contributed by atoms with van der Waals surface area (Å²) in [5, 5.41) is 0.528. The van der Waals surface area contributed by atoms with Gasteiger partial charge >= 0.3 is 5.69 Å². The first kappa shape index (κ1) is 16.5. The van der Waals surface area contributed by atoms with Crippen LogP contribution in [0.4, 0.5) is 0 Å². The Bertz CT molecular complexity index is 1010. The van der Waals surface area contributed by atoms with Gasteiger partial charge in [0.2, 0.25) is 0 Å². The highest BCUT2D eigenvalue weighted by atomic mass is 32.2. The molecule has 6 heteroatoms. The first-order valence-corrected chi connectivity index (χ1v) is 8.77. The van der Waals surface area contributed by atoms with Crippen molar-refractivity contribution < 1.29 is 0 Å². The Morgan fingerprint density at radius 2 is 1.79 bits per heavy atom. The van der Waals surface area contributed by atoms with Crippen molar-refractivity contribution >= 4 is 22.8 Å². The van der Waals surface area contributed by atoms with E-state index in [1.165, 1.54) is 17.2 Å². The largest absolute Gasteiger partial charge is 0.332 e. The van der Waals surface area contributed by atoms with E-state index in [0.29, 0.717) is 11.0 Å². The van der Waals surface area contributed by atoms with Crippen molar-refractivity contribution in [1.82, 2.24) is 14.1 Å². The molecular formula is C18H19N3O2S. The van der Waals surface area contributed by atoms with Crippen molar-refractivity contribution in [2.45, 2.75) is 24.0 Å². The average molecular weight is 341 g/mol. The third-order valence-electron chi connectivity index (χ3n) is 4.10. The fraction of sp³-hybridized carbons (Fsp3) is 0.278. The molecule has 3 aromatic rings. The zero-order valence-corrected chi connectivity index (χ0v) is 14.8. The van der Waals surface area contributed by atoms with Crippen LogP contribution in [0.2, 0.25) is 0 Å². The van der Waals surface area contributed by atoms with Crippen molar-refractivity contribution in [3.63, 3.8) is 0 Å². The van der Waals surface area contributed by atoms with E-state index in [-0.39, 0.29) is 11.2 Å². The van der Waals surface area contributed by atoms with E-state index in [4.69, 9.17) is 0 Å². The molecule has 0 radical (unpaired) electrons. The number of nitrogens with zero attached hydrogens (tertiary/aromatic N) is 3. The van der Waals surface area contributed by atoms with Gasteiger partial charge in [-0.1, -0.05) is 37.3 Å². The fourth-order valence-corrected chi connectivity index (χ4v) is 3.90. The molecule has 0 atom stereocenters. The van der Waals surface area contributed by atoms with E-state index >= 15 is 0 Å². The van der Waals surface area contributed by atoms with Crippen LogP contribution in [0, 0.1) is 0 Å².